The standard InChI is InChI=1S/C15H18ClN3/c1-11-2-3-13(10-18-11)8-15(17)19-9-12-4-6-14(16)7-5-12/h2-7,10,15,19H,8-9,17H2,1H3. The number of rotatable bonds is 5. The van der Waals surface area contributed by atoms with Crippen LogP contribution in [0.25, 0.3) is 0 Å². The summed E-state index contributed by atoms with van der Waals surface area (Å²) in [7, 11) is 0. The molecule has 1 heterocycles. The smallest absolute Gasteiger partial charge is 0.0590 e. The topological polar surface area (TPSA) is 50.9 Å². The fourth-order valence-corrected chi connectivity index (χ4v) is 1.92. The lowest BCUT2D eigenvalue weighted by atomic mass is 10.1. The van der Waals surface area contributed by atoms with Crippen LogP contribution in [0.15, 0.2) is 42.6 Å². The van der Waals surface area contributed by atoms with Crippen LogP contribution in [0, 0.1) is 6.92 Å². The van der Waals surface area contributed by atoms with E-state index in [4.69, 9.17) is 17.3 Å². The average Bonchev–Trinajstić information content (AvgIpc) is 2.41. The van der Waals surface area contributed by atoms with E-state index >= 15 is 0 Å². The monoisotopic (exact) mass is 275 g/mol. The summed E-state index contributed by atoms with van der Waals surface area (Å²) >= 11 is 5.84. The second kappa shape index (κ2) is 6.66. The lowest BCUT2D eigenvalue weighted by Crippen LogP contribution is -2.38. The van der Waals surface area contributed by atoms with Crippen molar-refractivity contribution in [2.24, 2.45) is 5.73 Å². The SMILES string of the molecule is Cc1ccc(CC(N)NCc2ccc(Cl)cc2)cn1. The molecule has 0 fully saturated rings. The molecule has 0 amide bonds. The first-order valence-corrected chi connectivity index (χ1v) is 6.66. The van der Waals surface area contributed by atoms with Crippen LogP contribution in [-0.2, 0) is 13.0 Å². The van der Waals surface area contributed by atoms with Gasteiger partial charge in [-0.05, 0) is 36.2 Å². The van der Waals surface area contributed by atoms with Crippen molar-refractivity contribution in [3.63, 3.8) is 0 Å². The van der Waals surface area contributed by atoms with Gasteiger partial charge in [0.05, 0.1) is 6.17 Å². The third-order valence-electron chi connectivity index (χ3n) is 2.91. The van der Waals surface area contributed by atoms with E-state index in [0.717, 1.165) is 29.2 Å². The fourth-order valence-electron chi connectivity index (χ4n) is 1.80. The van der Waals surface area contributed by atoms with Crippen molar-refractivity contribution in [2.45, 2.75) is 26.1 Å². The minimum atomic E-state index is -0.0832. The molecule has 0 saturated carbocycles. The van der Waals surface area contributed by atoms with Gasteiger partial charge in [-0.15, -0.1) is 0 Å². The highest BCUT2D eigenvalue weighted by atomic mass is 35.5. The van der Waals surface area contributed by atoms with Gasteiger partial charge in [0.25, 0.3) is 0 Å². The molecule has 2 rings (SSSR count). The Bertz CT molecular complexity index is 508. The molecule has 1 unspecified atom stereocenters. The fraction of sp³-hybridized carbons (Fsp3) is 0.267. The number of aromatic nitrogens is 1. The molecule has 3 N–H and O–H groups in total. The summed E-state index contributed by atoms with van der Waals surface area (Å²) < 4.78 is 0. The Morgan fingerprint density at radius 3 is 2.47 bits per heavy atom. The molecule has 0 radical (unpaired) electrons. The second-order valence-electron chi connectivity index (χ2n) is 4.63. The molecule has 2 aromatic rings. The van der Waals surface area contributed by atoms with Gasteiger partial charge in [0.2, 0.25) is 0 Å². The van der Waals surface area contributed by atoms with Gasteiger partial charge >= 0.3 is 0 Å². The van der Waals surface area contributed by atoms with Crippen molar-refractivity contribution in [3.05, 3.63) is 64.4 Å². The van der Waals surface area contributed by atoms with Crippen molar-refractivity contribution >= 4 is 11.6 Å². The number of pyridine rings is 1. The van der Waals surface area contributed by atoms with Gasteiger partial charge in [-0.25, -0.2) is 0 Å². The third-order valence-corrected chi connectivity index (χ3v) is 3.16. The largest absolute Gasteiger partial charge is 0.316 e. The maximum atomic E-state index is 6.06. The Labute approximate surface area is 118 Å². The average molecular weight is 276 g/mol. The molecule has 1 aromatic carbocycles. The third kappa shape index (κ3) is 4.63. The number of nitrogens with zero attached hydrogens (tertiary/aromatic N) is 1. The molecule has 0 spiro atoms. The Morgan fingerprint density at radius 2 is 1.84 bits per heavy atom. The number of nitrogens with one attached hydrogen (secondary N) is 1. The molecule has 0 saturated heterocycles. The molecule has 0 aliphatic rings. The van der Waals surface area contributed by atoms with Crippen molar-refractivity contribution in [2.75, 3.05) is 0 Å². The second-order valence-corrected chi connectivity index (χ2v) is 5.06. The van der Waals surface area contributed by atoms with Crippen LogP contribution in [0.5, 0.6) is 0 Å². The Balaban J connectivity index is 1.82. The highest BCUT2D eigenvalue weighted by molar-refractivity contribution is 6.30. The Morgan fingerprint density at radius 1 is 1.16 bits per heavy atom. The summed E-state index contributed by atoms with van der Waals surface area (Å²) in [5.41, 5.74) is 9.39. The van der Waals surface area contributed by atoms with Crippen LogP contribution in [0.3, 0.4) is 0 Å². The lowest BCUT2D eigenvalue weighted by Gasteiger charge is -2.14. The van der Waals surface area contributed by atoms with E-state index in [-0.39, 0.29) is 6.17 Å². The van der Waals surface area contributed by atoms with Crippen molar-refractivity contribution in [1.29, 1.82) is 0 Å². The van der Waals surface area contributed by atoms with Crippen LogP contribution in [0.1, 0.15) is 16.8 Å². The van der Waals surface area contributed by atoms with E-state index in [9.17, 15) is 0 Å². The number of benzene rings is 1. The molecular weight excluding hydrogens is 258 g/mol. The van der Waals surface area contributed by atoms with E-state index in [1.165, 1.54) is 5.56 Å². The number of hydrogen-bond donors (Lipinski definition) is 2. The quantitative estimate of drug-likeness (QED) is 0.825. The Kier molecular flexibility index (Phi) is 4.91. The molecule has 0 aliphatic heterocycles. The minimum absolute atomic E-state index is 0.0832. The van der Waals surface area contributed by atoms with Gasteiger partial charge in [-0.1, -0.05) is 29.8 Å². The van der Waals surface area contributed by atoms with Crippen LogP contribution in [0.4, 0.5) is 0 Å². The summed E-state index contributed by atoms with van der Waals surface area (Å²) in [5, 5.41) is 4.04. The predicted molar refractivity (Wildman–Crippen MR) is 78.9 cm³/mol. The maximum absolute atomic E-state index is 6.06. The Hall–Kier alpha value is -1.42. The summed E-state index contributed by atoms with van der Waals surface area (Å²) in [6.45, 7) is 2.71. The predicted octanol–water partition coefficient (Wildman–Crippen LogP) is 2.66. The molecule has 0 bridgehead atoms. The van der Waals surface area contributed by atoms with E-state index < -0.39 is 0 Å². The first-order chi connectivity index (χ1) is 9.13. The van der Waals surface area contributed by atoms with Crippen LogP contribution in [-0.4, -0.2) is 11.1 Å². The molecule has 1 atom stereocenters. The zero-order chi connectivity index (χ0) is 13.7. The summed E-state index contributed by atoms with van der Waals surface area (Å²) in [4.78, 5) is 4.26. The van der Waals surface area contributed by atoms with E-state index in [2.05, 4.69) is 16.4 Å². The normalized spacial score (nSPS) is 12.4. The lowest BCUT2D eigenvalue weighted by molar-refractivity contribution is 0.523. The summed E-state index contributed by atoms with van der Waals surface area (Å²) in [6.07, 6.45) is 2.56. The van der Waals surface area contributed by atoms with Gasteiger partial charge in [0.15, 0.2) is 0 Å². The number of halogens is 1. The minimum Gasteiger partial charge on any atom is -0.316 e. The van der Waals surface area contributed by atoms with Crippen LogP contribution < -0.4 is 11.1 Å². The van der Waals surface area contributed by atoms with Gasteiger partial charge in [0.1, 0.15) is 0 Å². The number of nitrogens with two attached hydrogens (primary N) is 1. The van der Waals surface area contributed by atoms with E-state index in [1.54, 1.807) is 0 Å². The molecular formula is C15H18ClN3. The highest BCUT2D eigenvalue weighted by Gasteiger charge is 2.04. The van der Waals surface area contributed by atoms with Gasteiger partial charge < -0.3 is 5.73 Å². The zero-order valence-corrected chi connectivity index (χ0v) is 11.7. The van der Waals surface area contributed by atoms with Crippen LogP contribution in [0.2, 0.25) is 5.02 Å². The van der Waals surface area contributed by atoms with Crippen molar-refractivity contribution in [3.8, 4) is 0 Å². The van der Waals surface area contributed by atoms with Crippen LogP contribution >= 0.6 is 11.6 Å². The van der Waals surface area contributed by atoms with Crippen molar-refractivity contribution in [1.82, 2.24) is 10.3 Å². The highest BCUT2D eigenvalue weighted by Crippen LogP contribution is 2.09. The first-order valence-electron chi connectivity index (χ1n) is 6.28. The van der Waals surface area contributed by atoms with Gasteiger partial charge in [-0.2, -0.15) is 0 Å². The number of aryl methyl sites for hydroxylation is 1. The molecule has 1 aromatic heterocycles. The summed E-state index contributed by atoms with van der Waals surface area (Å²) in [6, 6.07) is 11.8. The molecule has 0 aliphatic carbocycles. The van der Waals surface area contributed by atoms with Gasteiger partial charge in [0, 0.05) is 29.9 Å². The van der Waals surface area contributed by atoms with Crippen molar-refractivity contribution < 1.29 is 0 Å². The van der Waals surface area contributed by atoms with E-state index in [0.29, 0.717) is 0 Å². The number of hydrogen-bond acceptors (Lipinski definition) is 3. The zero-order valence-electron chi connectivity index (χ0n) is 10.9. The van der Waals surface area contributed by atoms with E-state index in [1.807, 2.05) is 43.5 Å². The maximum Gasteiger partial charge on any atom is 0.0590 e. The molecule has 3 nitrogen and oxygen atoms in total. The molecule has 4 heteroatoms. The van der Waals surface area contributed by atoms with Gasteiger partial charge in [-0.3, -0.25) is 10.3 Å². The summed E-state index contributed by atoms with van der Waals surface area (Å²) in [5.74, 6) is 0. The first kappa shape index (κ1) is 14.0. The molecule has 19 heavy (non-hydrogen) atoms. The molecule has 100 valence electrons.